The summed E-state index contributed by atoms with van der Waals surface area (Å²) in [6.45, 7) is 0. The largest absolute Gasteiger partial charge is 0.506 e. The van der Waals surface area contributed by atoms with Crippen LogP contribution in [-0.2, 0) is 0 Å². The van der Waals surface area contributed by atoms with Gasteiger partial charge in [0.15, 0.2) is 0 Å². The average Bonchev–Trinajstić information content (AvgIpc) is 2.16. The molecule has 0 saturated heterocycles. The summed E-state index contributed by atoms with van der Waals surface area (Å²) in [5.41, 5.74) is 4.71. The number of rotatable bonds is 2. The molecule has 0 unspecified atom stereocenters. The number of nitrogens with two attached hydrogens (primary N) is 1. The summed E-state index contributed by atoms with van der Waals surface area (Å²) >= 11 is 1.16. The second-order valence-corrected chi connectivity index (χ2v) is 3.77. The lowest BCUT2D eigenvalue weighted by atomic mass is 10.1. The number of phenols is 1. The molecule has 0 radical (unpaired) electrons. The highest BCUT2D eigenvalue weighted by atomic mass is 32.2. The van der Waals surface area contributed by atoms with E-state index in [4.69, 9.17) is 5.73 Å². The van der Waals surface area contributed by atoms with Gasteiger partial charge in [-0.1, -0.05) is 12.1 Å². The van der Waals surface area contributed by atoms with Gasteiger partial charge in [0.05, 0.1) is 0 Å². The average molecular weight is 237 g/mol. The normalized spacial score (nSPS) is 13.9. The number of benzene rings is 1. The highest BCUT2D eigenvalue weighted by Crippen LogP contribution is 2.38. The fraction of sp³-hybridized carbons (Fsp3) is 0.333. The third kappa shape index (κ3) is 2.57. The van der Waals surface area contributed by atoms with E-state index in [0.29, 0.717) is 4.90 Å². The molecular formula is C9H10F3NOS. The van der Waals surface area contributed by atoms with Crippen molar-refractivity contribution in [3.05, 3.63) is 23.8 Å². The van der Waals surface area contributed by atoms with Crippen LogP contribution in [0.1, 0.15) is 11.6 Å². The van der Waals surface area contributed by atoms with Crippen molar-refractivity contribution in [1.29, 1.82) is 0 Å². The van der Waals surface area contributed by atoms with Crippen LogP contribution in [0.15, 0.2) is 23.1 Å². The van der Waals surface area contributed by atoms with Gasteiger partial charge in [0.1, 0.15) is 11.8 Å². The molecule has 1 rings (SSSR count). The maximum atomic E-state index is 12.3. The molecule has 0 bridgehead atoms. The molecule has 2 nitrogen and oxygen atoms in total. The molecule has 0 amide bonds. The van der Waals surface area contributed by atoms with Crippen molar-refractivity contribution >= 4 is 11.8 Å². The van der Waals surface area contributed by atoms with Crippen LogP contribution in [-0.4, -0.2) is 17.5 Å². The molecule has 15 heavy (non-hydrogen) atoms. The lowest BCUT2D eigenvalue weighted by Gasteiger charge is -2.17. The molecule has 0 aliphatic heterocycles. The summed E-state index contributed by atoms with van der Waals surface area (Å²) in [4.78, 5) is 0.382. The fourth-order valence-electron chi connectivity index (χ4n) is 1.13. The van der Waals surface area contributed by atoms with Crippen molar-refractivity contribution in [2.24, 2.45) is 5.73 Å². The van der Waals surface area contributed by atoms with Gasteiger partial charge in [-0.25, -0.2) is 0 Å². The Labute approximate surface area is 89.3 Å². The molecule has 1 aromatic carbocycles. The van der Waals surface area contributed by atoms with Crippen molar-refractivity contribution in [1.82, 2.24) is 0 Å². The molecule has 0 heterocycles. The van der Waals surface area contributed by atoms with Crippen molar-refractivity contribution in [2.75, 3.05) is 6.26 Å². The highest BCUT2D eigenvalue weighted by molar-refractivity contribution is 7.98. The van der Waals surface area contributed by atoms with Gasteiger partial charge in [0.2, 0.25) is 0 Å². The van der Waals surface area contributed by atoms with E-state index in [2.05, 4.69) is 0 Å². The zero-order chi connectivity index (χ0) is 11.6. The maximum Gasteiger partial charge on any atom is 0.407 e. The Bertz CT molecular complexity index is 354. The second-order valence-electron chi connectivity index (χ2n) is 2.92. The monoisotopic (exact) mass is 237 g/mol. The molecule has 84 valence electrons. The van der Waals surface area contributed by atoms with Gasteiger partial charge in [-0.3, -0.25) is 0 Å². The fourth-order valence-corrected chi connectivity index (χ4v) is 1.66. The molecule has 6 heteroatoms. The summed E-state index contributed by atoms with van der Waals surface area (Å²) in [5.74, 6) is -0.394. The van der Waals surface area contributed by atoms with Crippen molar-refractivity contribution in [3.8, 4) is 5.75 Å². The Kier molecular flexibility index (Phi) is 3.51. The van der Waals surface area contributed by atoms with Gasteiger partial charge < -0.3 is 10.8 Å². The van der Waals surface area contributed by atoms with Crippen molar-refractivity contribution in [3.63, 3.8) is 0 Å². The van der Waals surface area contributed by atoms with Crippen LogP contribution in [0.3, 0.4) is 0 Å². The Morgan fingerprint density at radius 2 is 2.00 bits per heavy atom. The Balaban J connectivity index is 3.15. The molecule has 1 aromatic rings. The van der Waals surface area contributed by atoms with Gasteiger partial charge in [-0.15, -0.1) is 11.8 Å². The number of aromatic hydroxyl groups is 1. The molecule has 0 aliphatic carbocycles. The number of alkyl halides is 3. The highest BCUT2D eigenvalue weighted by Gasteiger charge is 2.39. The minimum atomic E-state index is -4.55. The summed E-state index contributed by atoms with van der Waals surface area (Å²) in [6, 6.07) is 2.00. The Morgan fingerprint density at radius 1 is 1.40 bits per heavy atom. The predicted octanol–water partition coefficient (Wildman–Crippen LogP) is 2.68. The van der Waals surface area contributed by atoms with E-state index in [1.54, 1.807) is 6.26 Å². The minimum Gasteiger partial charge on any atom is -0.506 e. The van der Waals surface area contributed by atoms with E-state index in [9.17, 15) is 18.3 Å². The predicted molar refractivity (Wildman–Crippen MR) is 52.9 cm³/mol. The number of hydrogen-bond acceptors (Lipinski definition) is 3. The number of halogens is 3. The summed E-state index contributed by atoms with van der Waals surface area (Å²) in [5, 5.41) is 9.52. The quantitative estimate of drug-likeness (QED) is 0.777. The third-order valence-electron chi connectivity index (χ3n) is 1.94. The standard InChI is InChI=1S/C9H10F3NOS/c1-15-6-4-2-3-5(7(6)14)8(13)9(10,11)12/h2-4,8,14H,13H2,1H3/t8-/m0/s1. The summed E-state index contributed by atoms with van der Waals surface area (Å²) in [7, 11) is 0. The zero-order valence-electron chi connectivity index (χ0n) is 7.88. The lowest BCUT2D eigenvalue weighted by molar-refractivity contribution is -0.149. The molecule has 0 spiro atoms. The Hall–Kier alpha value is -0.880. The van der Waals surface area contributed by atoms with Gasteiger partial charge >= 0.3 is 6.18 Å². The van der Waals surface area contributed by atoms with E-state index >= 15 is 0 Å². The van der Waals surface area contributed by atoms with Crippen LogP contribution in [0, 0.1) is 0 Å². The third-order valence-corrected chi connectivity index (χ3v) is 2.71. The van der Waals surface area contributed by atoms with Crippen LogP contribution >= 0.6 is 11.8 Å². The Morgan fingerprint density at radius 3 is 2.47 bits per heavy atom. The first-order valence-electron chi connectivity index (χ1n) is 4.06. The first kappa shape index (κ1) is 12.2. The van der Waals surface area contributed by atoms with Gasteiger partial charge in [-0.05, 0) is 12.3 Å². The number of hydrogen-bond donors (Lipinski definition) is 2. The molecule has 0 fully saturated rings. The van der Waals surface area contributed by atoms with E-state index in [-0.39, 0.29) is 5.56 Å². The van der Waals surface area contributed by atoms with Crippen molar-refractivity contribution in [2.45, 2.75) is 17.1 Å². The first-order chi connectivity index (χ1) is 6.88. The van der Waals surface area contributed by atoms with E-state index in [0.717, 1.165) is 11.8 Å². The number of phenolic OH excluding ortho intramolecular Hbond substituents is 1. The van der Waals surface area contributed by atoms with E-state index in [1.807, 2.05) is 0 Å². The van der Waals surface area contributed by atoms with Gasteiger partial charge in [0.25, 0.3) is 0 Å². The van der Waals surface area contributed by atoms with Crippen LogP contribution < -0.4 is 5.73 Å². The molecule has 0 aliphatic rings. The molecule has 0 saturated carbocycles. The topological polar surface area (TPSA) is 46.2 Å². The summed E-state index contributed by atoms with van der Waals surface area (Å²) in [6.07, 6.45) is -2.88. The van der Waals surface area contributed by atoms with Crippen LogP contribution in [0.25, 0.3) is 0 Å². The number of thioether (sulfide) groups is 1. The minimum absolute atomic E-state index is 0.297. The van der Waals surface area contributed by atoms with E-state index in [1.165, 1.54) is 18.2 Å². The smallest absolute Gasteiger partial charge is 0.407 e. The van der Waals surface area contributed by atoms with Gasteiger partial charge in [-0.2, -0.15) is 13.2 Å². The van der Waals surface area contributed by atoms with Gasteiger partial charge in [0, 0.05) is 10.5 Å². The lowest BCUT2D eigenvalue weighted by Crippen LogP contribution is -2.28. The summed E-state index contributed by atoms with van der Waals surface area (Å²) < 4.78 is 36.9. The zero-order valence-corrected chi connectivity index (χ0v) is 8.69. The molecule has 1 atom stereocenters. The van der Waals surface area contributed by atoms with Crippen molar-refractivity contribution < 1.29 is 18.3 Å². The van der Waals surface area contributed by atoms with Crippen LogP contribution in [0.2, 0.25) is 0 Å². The maximum absolute atomic E-state index is 12.3. The second kappa shape index (κ2) is 4.32. The first-order valence-corrected chi connectivity index (χ1v) is 5.28. The van der Waals surface area contributed by atoms with Crippen LogP contribution in [0.5, 0.6) is 5.75 Å². The van der Waals surface area contributed by atoms with E-state index < -0.39 is 18.0 Å². The molecular weight excluding hydrogens is 227 g/mol. The SMILES string of the molecule is CSc1cccc([C@H](N)C(F)(F)F)c1O. The molecule has 0 aromatic heterocycles. The number of para-hydroxylation sites is 1. The molecule has 3 N–H and O–H groups in total. The van der Waals surface area contributed by atoms with Crippen LogP contribution in [0.4, 0.5) is 13.2 Å².